The van der Waals surface area contributed by atoms with Gasteiger partial charge in [-0.3, -0.25) is 0 Å². The molecule has 0 saturated carbocycles. The van der Waals surface area contributed by atoms with E-state index in [4.69, 9.17) is 14.2 Å². The van der Waals surface area contributed by atoms with Gasteiger partial charge in [-0.05, 0) is 12.8 Å². The van der Waals surface area contributed by atoms with Crippen LogP contribution >= 0.6 is 0 Å². The summed E-state index contributed by atoms with van der Waals surface area (Å²) in [6, 6.07) is 0. The molecular formula is C12H24O6. The molecule has 6 nitrogen and oxygen atoms in total. The Morgan fingerprint density at radius 2 is 1.83 bits per heavy atom. The summed E-state index contributed by atoms with van der Waals surface area (Å²) in [5.74, 6) is 0. The van der Waals surface area contributed by atoms with Crippen molar-refractivity contribution in [3.05, 3.63) is 0 Å². The zero-order chi connectivity index (χ0) is 13.5. The molecule has 0 aromatic heterocycles. The third-order valence-electron chi connectivity index (χ3n) is 2.85. The summed E-state index contributed by atoms with van der Waals surface area (Å²) in [5, 5.41) is 29.0. The van der Waals surface area contributed by atoms with Crippen LogP contribution in [0.2, 0.25) is 0 Å². The molecule has 0 amide bonds. The van der Waals surface area contributed by atoms with Gasteiger partial charge < -0.3 is 29.5 Å². The lowest BCUT2D eigenvalue weighted by Gasteiger charge is -2.24. The van der Waals surface area contributed by atoms with E-state index in [1.807, 2.05) is 13.8 Å². The van der Waals surface area contributed by atoms with Crippen molar-refractivity contribution in [3.63, 3.8) is 0 Å². The van der Waals surface area contributed by atoms with Crippen LogP contribution in [0.1, 0.15) is 26.7 Å². The van der Waals surface area contributed by atoms with Crippen molar-refractivity contribution < 1.29 is 29.5 Å². The lowest BCUT2D eigenvalue weighted by atomic mass is 10.1. The monoisotopic (exact) mass is 264 g/mol. The predicted molar refractivity (Wildman–Crippen MR) is 64.0 cm³/mol. The second kappa shape index (κ2) is 8.04. The summed E-state index contributed by atoms with van der Waals surface area (Å²) in [7, 11) is 0. The molecule has 108 valence electrons. The van der Waals surface area contributed by atoms with Crippen LogP contribution in [0.3, 0.4) is 0 Å². The number of rotatable bonds is 8. The summed E-state index contributed by atoms with van der Waals surface area (Å²) < 4.78 is 16.0. The van der Waals surface area contributed by atoms with Crippen LogP contribution in [0.25, 0.3) is 0 Å². The minimum absolute atomic E-state index is 0.269. The lowest BCUT2D eigenvalue weighted by Crippen LogP contribution is -2.43. The second-order valence-electron chi connectivity index (χ2n) is 4.41. The highest BCUT2D eigenvalue weighted by molar-refractivity contribution is 4.91. The van der Waals surface area contributed by atoms with E-state index in [0.29, 0.717) is 13.2 Å². The van der Waals surface area contributed by atoms with Crippen molar-refractivity contribution in [2.75, 3.05) is 19.8 Å². The van der Waals surface area contributed by atoms with E-state index in [2.05, 4.69) is 0 Å². The molecule has 0 bridgehead atoms. The Morgan fingerprint density at radius 1 is 1.17 bits per heavy atom. The average molecular weight is 264 g/mol. The minimum Gasteiger partial charge on any atom is -0.394 e. The molecule has 5 unspecified atom stereocenters. The molecule has 0 aliphatic carbocycles. The van der Waals surface area contributed by atoms with Gasteiger partial charge in [-0.25, -0.2) is 0 Å². The smallest absolute Gasteiger partial charge is 0.184 e. The molecule has 18 heavy (non-hydrogen) atoms. The molecule has 0 spiro atoms. The third-order valence-corrected chi connectivity index (χ3v) is 2.85. The van der Waals surface area contributed by atoms with Crippen molar-refractivity contribution in [3.8, 4) is 0 Å². The summed E-state index contributed by atoms with van der Waals surface area (Å²) in [6.07, 6.45) is -2.79. The normalized spacial score (nSPS) is 33.8. The molecule has 0 aromatic carbocycles. The molecule has 3 N–H and O–H groups in total. The molecule has 0 aromatic rings. The largest absolute Gasteiger partial charge is 0.394 e. The van der Waals surface area contributed by atoms with Gasteiger partial charge in [0.15, 0.2) is 6.29 Å². The topological polar surface area (TPSA) is 88.4 Å². The van der Waals surface area contributed by atoms with Gasteiger partial charge in [0.2, 0.25) is 0 Å². The third kappa shape index (κ3) is 3.88. The number of hydrogen-bond donors (Lipinski definition) is 3. The number of hydrogen-bond acceptors (Lipinski definition) is 6. The second-order valence-corrected chi connectivity index (χ2v) is 4.41. The zero-order valence-electron chi connectivity index (χ0n) is 11.0. The molecule has 1 aliphatic heterocycles. The molecule has 6 heteroatoms. The van der Waals surface area contributed by atoms with Gasteiger partial charge in [-0.15, -0.1) is 0 Å². The molecule has 1 rings (SSSR count). The molecule has 1 heterocycles. The Labute approximate surface area is 107 Å². The SMILES string of the molecule is CCCOC(CO)C1OC(O)C(OCCC)C1O. The molecule has 1 saturated heterocycles. The van der Waals surface area contributed by atoms with Crippen LogP contribution in [0.4, 0.5) is 0 Å². The van der Waals surface area contributed by atoms with Gasteiger partial charge in [0.1, 0.15) is 24.4 Å². The first-order valence-electron chi connectivity index (χ1n) is 6.51. The van der Waals surface area contributed by atoms with Crippen molar-refractivity contribution in [2.45, 2.75) is 57.4 Å². The summed E-state index contributed by atoms with van der Waals surface area (Å²) in [4.78, 5) is 0. The maximum atomic E-state index is 10.0. The Kier molecular flexibility index (Phi) is 7.06. The number of aliphatic hydroxyl groups is 3. The van der Waals surface area contributed by atoms with Crippen molar-refractivity contribution in [2.24, 2.45) is 0 Å². The summed E-state index contributed by atoms with van der Waals surface area (Å²) in [5.41, 5.74) is 0. The Morgan fingerprint density at radius 3 is 2.39 bits per heavy atom. The van der Waals surface area contributed by atoms with Gasteiger partial charge in [0.25, 0.3) is 0 Å². The molecule has 0 radical (unpaired) electrons. The fourth-order valence-corrected chi connectivity index (χ4v) is 1.94. The Bertz CT molecular complexity index is 225. The van der Waals surface area contributed by atoms with Crippen LogP contribution in [-0.2, 0) is 14.2 Å². The molecule has 1 fully saturated rings. The first-order chi connectivity index (χ1) is 8.65. The molecule has 1 aliphatic rings. The number of aliphatic hydroxyl groups excluding tert-OH is 3. The highest BCUT2D eigenvalue weighted by atomic mass is 16.7. The van der Waals surface area contributed by atoms with Crippen molar-refractivity contribution >= 4 is 0 Å². The Hall–Kier alpha value is -0.240. The maximum Gasteiger partial charge on any atom is 0.184 e. The van der Waals surface area contributed by atoms with Crippen LogP contribution in [-0.4, -0.2) is 65.8 Å². The first-order valence-corrected chi connectivity index (χ1v) is 6.51. The lowest BCUT2D eigenvalue weighted by molar-refractivity contribution is -0.166. The summed E-state index contributed by atoms with van der Waals surface area (Å²) >= 11 is 0. The van der Waals surface area contributed by atoms with Gasteiger partial charge in [-0.1, -0.05) is 13.8 Å². The quantitative estimate of drug-likeness (QED) is 0.555. The standard InChI is InChI=1S/C12H24O6/c1-3-5-16-8(7-13)10-9(14)11(12(15)18-10)17-6-4-2/h8-15H,3-7H2,1-2H3. The van der Waals surface area contributed by atoms with Crippen LogP contribution in [0.15, 0.2) is 0 Å². The summed E-state index contributed by atoms with van der Waals surface area (Å²) in [6.45, 7) is 4.52. The average Bonchev–Trinajstić information content (AvgIpc) is 2.64. The van der Waals surface area contributed by atoms with E-state index < -0.39 is 30.7 Å². The van der Waals surface area contributed by atoms with Crippen molar-refractivity contribution in [1.29, 1.82) is 0 Å². The predicted octanol–water partition coefficient (Wildman–Crippen LogP) is -0.353. The highest BCUT2D eigenvalue weighted by Gasteiger charge is 2.47. The van der Waals surface area contributed by atoms with Crippen LogP contribution < -0.4 is 0 Å². The van der Waals surface area contributed by atoms with E-state index in [-0.39, 0.29) is 6.61 Å². The fraction of sp³-hybridized carbons (Fsp3) is 1.00. The van der Waals surface area contributed by atoms with E-state index in [1.54, 1.807) is 0 Å². The van der Waals surface area contributed by atoms with Crippen LogP contribution in [0, 0.1) is 0 Å². The van der Waals surface area contributed by atoms with E-state index >= 15 is 0 Å². The van der Waals surface area contributed by atoms with Gasteiger partial charge >= 0.3 is 0 Å². The van der Waals surface area contributed by atoms with Gasteiger partial charge in [0.05, 0.1) is 6.61 Å². The Balaban J connectivity index is 2.55. The van der Waals surface area contributed by atoms with Crippen LogP contribution in [0.5, 0.6) is 0 Å². The van der Waals surface area contributed by atoms with E-state index in [1.165, 1.54) is 0 Å². The van der Waals surface area contributed by atoms with Gasteiger partial charge in [0, 0.05) is 13.2 Å². The first kappa shape index (κ1) is 15.8. The maximum absolute atomic E-state index is 10.0. The fourth-order valence-electron chi connectivity index (χ4n) is 1.94. The molecular weight excluding hydrogens is 240 g/mol. The highest BCUT2D eigenvalue weighted by Crippen LogP contribution is 2.26. The number of ether oxygens (including phenoxy) is 3. The minimum atomic E-state index is -1.18. The van der Waals surface area contributed by atoms with E-state index in [0.717, 1.165) is 12.8 Å². The van der Waals surface area contributed by atoms with Crippen molar-refractivity contribution in [1.82, 2.24) is 0 Å². The zero-order valence-corrected chi connectivity index (χ0v) is 11.0. The molecule has 5 atom stereocenters. The van der Waals surface area contributed by atoms with E-state index in [9.17, 15) is 15.3 Å². The van der Waals surface area contributed by atoms with Gasteiger partial charge in [-0.2, -0.15) is 0 Å².